The van der Waals surface area contributed by atoms with Crippen LogP contribution in [-0.2, 0) is 48.2 Å². The molecule has 41 heteroatoms. The normalized spacial score (nSPS) is 11.6. The van der Waals surface area contributed by atoms with Crippen LogP contribution in [0.15, 0.2) is 215 Å². The van der Waals surface area contributed by atoms with Crippen molar-refractivity contribution in [3.63, 3.8) is 0 Å². The van der Waals surface area contributed by atoms with Crippen molar-refractivity contribution in [3.05, 3.63) is 313 Å². The predicted octanol–water partition coefficient (Wildman–Crippen LogP) is 14.6. The lowest BCUT2D eigenvalue weighted by Gasteiger charge is -2.25. The zero-order valence-electron chi connectivity index (χ0n) is 73.3. The fourth-order valence-electron chi connectivity index (χ4n) is 11.6. The Morgan fingerprint density at radius 3 is 1.02 bits per heavy atom. The second-order valence-corrected chi connectivity index (χ2v) is 32.5. The molecule has 0 aliphatic carbocycles. The Morgan fingerprint density at radius 1 is 0.429 bits per heavy atom. The lowest BCUT2D eigenvalue weighted by molar-refractivity contribution is -0.156. The van der Waals surface area contributed by atoms with Gasteiger partial charge in [-0.2, -0.15) is 14.0 Å². The van der Waals surface area contributed by atoms with Crippen molar-refractivity contribution in [2.24, 2.45) is 17.7 Å². The fraction of sp³-hybridized carbons (Fsp3) is 0.283. The van der Waals surface area contributed by atoms with Crippen LogP contribution < -0.4 is 33.8 Å². The minimum Gasteiger partial charge on any atom is -0.475 e. The lowest BCUT2D eigenvalue weighted by Crippen LogP contribution is -2.48. The molecule has 9 aromatic carbocycles. The predicted molar refractivity (Wildman–Crippen MR) is 500 cm³/mol. The first kappa shape index (κ1) is 108. The number of esters is 3. The van der Waals surface area contributed by atoms with E-state index in [4.69, 9.17) is 99.9 Å². The molecule has 708 valence electrons. The smallest absolute Gasteiger partial charge is 0.373 e. The number of aromatic amines is 3. The van der Waals surface area contributed by atoms with Gasteiger partial charge in [-0.15, -0.1) is 15.3 Å². The molecule has 12 rings (SSSR count). The summed E-state index contributed by atoms with van der Waals surface area (Å²) in [6.07, 6.45) is -0.396. The van der Waals surface area contributed by atoms with Gasteiger partial charge in [0.25, 0.3) is 0 Å². The van der Waals surface area contributed by atoms with Crippen LogP contribution in [0.2, 0.25) is 30.1 Å². The number of aromatic nitrogens is 9. The Kier molecular flexibility index (Phi) is 43.9. The number of aliphatic hydroxyl groups excluding tert-OH is 4. The summed E-state index contributed by atoms with van der Waals surface area (Å²) in [5, 5.41) is 65.4. The first-order valence-electron chi connectivity index (χ1n) is 41.3. The summed E-state index contributed by atoms with van der Waals surface area (Å²) in [6, 6.07) is 52.6. The highest BCUT2D eigenvalue weighted by molar-refractivity contribution is 6.32. The summed E-state index contributed by atoms with van der Waals surface area (Å²) >= 11 is 35.7. The van der Waals surface area contributed by atoms with E-state index in [0.29, 0.717) is 111 Å². The molecule has 32 nitrogen and oxygen atoms in total. The van der Waals surface area contributed by atoms with Crippen molar-refractivity contribution in [2.75, 3.05) is 46.1 Å². The molecule has 0 unspecified atom stereocenters. The van der Waals surface area contributed by atoms with E-state index in [9.17, 15) is 71.6 Å². The molecule has 3 heterocycles. The molecular formula is C92H100Cl6F3N15O17. The maximum Gasteiger partial charge on any atom is 0.373 e. The average Bonchev–Trinajstić information content (AvgIpc) is 1.53. The standard InChI is InChI=1S/C29H28Cl2FN5O5.C27H24Cl2FN5O5.C18H20ClFN2O3.C9H6ClN3O3.C5H12.C4H10O/c1-17(2)16-42-28(40)25(38)15-36(14-18-6-8-19(9-7-18)23-13-21(31)10-11-24(23)32)35-27(39)26-33-29(41)37(34-26)22-5-3-4-20(30)12-22;1-2-40-26(38)23(36)15-34(14-16-6-8-17(9-7-16)21-13-19(29)10-11-22(21)30)33-25(37)24-31-27(39)35(32-24)20-5-3-4-18(28)12-20;1-2-25-18(24)17(23)11-22(21)10-12-3-5-13(6-4-12)15-9-14(19)7-8-16(15)20;10-5-2-1-3-6(4-5)13-9(16)11-7(12-13)8(14)15;1-3-5-4-2;1-4(2)3-5/h3-13,17,25,38H,14-16H2,1-2H3,(H,35,39)(H,33,34,41);3-13,23,36H,2,14-15H2,1H3,(H,33,37)(H,31,32,39);3-9,17,23H,2,10-11,21H2,1H3;1-4H,(H,14,15)(H,11,12,16);3-5H2,1-2H3;4-5H,3H2,1-2H3/t25-;23-;17-;;;/m111.../s1. The minimum atomic E-state index is -1.59. The van der Waals surface area contributed by atoms with E-state index in [0.717, 1.165) is 19.6 Å². The van der Waals surface area contributed by atoms with Gasteiger partial charge in [0.05, 0.1) is 56.5 Å². The third-order valence-corrected chi connectivity index (χ3v) is 19.5. The molecule has 133 heavy (non-hydrogen) atoms. The number of carbonyl (C=O) groups is 6. The highest BCUT2D eigenvalue weighted by atomic mass is 35.5. The quantitative estimate of drug-likeness (QED) is 0.00787. The number of nitrogens with two attached hydrogens (primary N) is 1. The minimum absolute atomic E-state index is 0.0256. The molecule has 0 spiro atoms. The number of hydrazine groups is 3. The Balaban J connectivity index is 0.000000244. The molecule has 2 amide bonds. The molecule has 0 saturated heterocycles. The lowest BCUT2D eigenvalue weighted by atomic mass is 10.0. The van der Waals surface area contributed by atoms with E-state index in [-0.39, 0.29) is 75.9 Å². The van der Waals surface area contributed by atoms with Crippen molar-refractivity contribution in [3.8, 4) is 50.4 Å². The number of benzene rings is 9. The third kappa shape index (κ3) is 35.1. The summed E-state index contributed by atoms with van der Waals surface area (Å²) < 4.78 is 60.1. The van der Waals surface area contributed by atoms with Gasteiger partial charge < -0.3 is 39.7 Å². The number of H-pyrrole nitrogens is 3. The van der Waals surface area contributed by atoms with E-state index < -0.39 is 88.5 Å². The van der Waals surface area contributed by atoms with E-state index in [1.807, 2.05) is 27.7 Å². The summed E-state index contributed by atoms with van der Waals surface area (Å²) in [7, 11) is 0. The van der Waals surface area contributed by atoms with Gasteiger partial charge in [-0.1, -0.05) is 221 Å². The van der Waals surface area contributed by atoms with Gasteiger partial charge >= 0.3 is 52.8 Å². The number of aromatic carboxylic acids is 1. The monoisotopic (exact) mass is 1950 g/mol. The molecule has 0 bridgehead atoms. The zero-order chi connectivity index (χ0) is 97.7. The van der Waals surface area contributed by atoms with Crippen molar-refractivity contribution >= 4 is 105 Å². The number of halogens is 9. The Hall–Kier alpha value is -12.2. The topological polar surface area (TPSA) is 443 Å². The Morgan fingerprint density at radius 2 is 0.729 bits per heavy atom. The van der Waals surface area contributed by atoms with Gasteiger partial charge in [-0.05, 0) is 168 Å². The van der Waals surface area contributed by atoms with E-state index >= 15 is 0 Å². The number of hydrogen-bond donors (Lipinski definition) is 11. The largest absolute Gasteiger partial charge is 0.475 e. The molecule has 0 aliphatic heterocycles. The highest BCUT2D eigenvalue weighted by Gasteiger charge is 2.28. The van der Waals surface area contributed by atoms with Crippen molar-refractivity contribution < 1.29 is 81.7 Å². The molecular weight excluding hydrogens is 1860 g/mol. The number of rotatable bonds is 33. The van der Waals surface area contributed by atoms with Gasteiger partial charge in [0.1, 0.15) is 17.5 Å². The Labute approximate surface area is 792 Å². The molecule has 12 aromatic rings. The van der Waals surface area contributed by atoms with Crippen LogP contribution in [0.25, 0.3) is 50.4 Å². The number of ether oxygens (including phenoxy) is 3. The molecule has 12 N–H and O–H groups in total. The molecule has 3 aromatic heterocycles. The van der Waals surface area contributed by atoms with Crippen LogP contribution >= 0.6 is 69.6 Å². The highest BCUT2D eigenvalue weighted by Crippen LogP contribution is 2.31. The molecule has 0 aliphatic rings. The number of unbranched alkanes of at least 4 members (excludes halogenated alkanes) is 2. The third-order valence-electron chi connectivity index (χ3n) is 18.1. The van der Waals surface area contributed by atoms with Crippen LogP contribution in [0, 0.1) is 29.3 Å². The molecule has 0 fully saturated rings. The number of carboxylic acids is 1. The zero-order valence-corrected chi connectivity index (χ0v) is 77.8. The number of aliphatic hydroxyl groups is 4. The number of carbonyl (C=O) groups excluding carboxylic acids is 5. The second-order valence-electron chi connectivity index (χ2n) is 29.9. The summed E-state index contributed by atoms with van der Waals surface area (Å²) in [6.45, 7) is 15.7. The Bertz CT molecular complexity index is 6020. The van der Waals surface area contributed by atoms with Gasteiger partial charge in [-0.25, -0.2) is 61.8 Å². The van der Waals surface area contributed by atoms with Crippen molar-refractivity contribution in [2.45, 2.75) is 113 Å². The van der Waals surface area contributed by atoms with Crippen LogP contribution in [0.3, 0.4) is 0 Å². The van der Waals surface area contributed by atoms with E-state index in [1.165, 1.54) is 101 Å². The summed E-state index contributed by atoms with van der Waals surface area (Å²) in [5.74, 6) is -1.25. The van der Waals surface area contributed by atoms with E-state index in [2.05, 4.69) is 54.9 Å². The maximum atomic E-state index is 14.3. The van der Waals surface area contributed by atoms with Gasteiger partial charge in [0.15, 0.2) is 18.3 Å². The number of carboxylic acid groups (broad SMARTS) is 1. The number of nitrogens with one attached hydrogen (secondary N) is 5. The summed E-state index contributed by atoms with van der Waals surface area (Å²) in [5.41, 5.74) is 9.33. The average molecular weight is 1960 g/mol. The maximum absolute atomic E-state index is 14.3. The first-order chi connectivity index (χ1) is 63.3. The number of hydrogen-bond acceptors (Lipinski definition) is 23. The van der Waals surface area contributed by atoms with Crippen LogP contribution in [0.5, 0.6) is 0 Å². The fourth-order valence-corrected chi connectivity index (χ4v) is 12.7. The van der Waals surface area contributed by atoms with Crippen molar-refractivity contribution in [1.29, 1.82) is 0 Å². The van der Waals surface area contributed by atoms with E-state index in [1.54, 1.807) is 147 Å². The molecule has 3 atom stereocenters. The van der Waals surface area contributed by atoms with Crippen LogP contribution in [0.1, 0.15) is 123 Å². The van der Waals surface area contributed by atoms with Gasteiger partial charge in [0.2, 0.25) is 17.5 Å². The van der Waals surface area contributed by atoms with Crippen LogP contribution in [0.4, 0.5) is 13.2 Å². The number of nitrogens with zero attached hydrogens (tertiary/aromatic N) is 9. The second kappa shape index (κ2) is 54.1. The molecule has 0 radical (unpaired) electrons. The van der Waals surface area contributed by atoms with Gasteiger partial charge in [0, 0.05) is 73.1 Å². The summed E-state index contributed by atoms with van der Waals surface area (Å²) in [4.78, 5) is 116. The van der Waals surface area contributed by atoms with Crippen molar-refractivity contribution in [1.82, 2.24) is 70.2 Å². The van der Waals surface area contributed by atoms with Gasteiger partial charge in [-0.3, -0.25) is 41.2 Å². The number of amides is 2. The molecule has 0 saturated carbocycles. The van der Waals surface area contributed by atoms with Crippen LogP contribution in [-0.4, -0.2) is 185 Å². The SMILES string of the molecule is CC(C)CO.CC(C)COC(=O)[C@H](O)CN(Cc1ccc(-c2cc(Cl)ccc2F)cc1)NC(=O)c1nn(-c2cccc(Cl)c2)c(=O)[nH]1.CCCCC.CCOC(=O)[C@H](O)CN(Cc1ccc(-c2cc(Cl)ccc2F)cc1)NC(=O)c1nn(-c2cccc(Cl)c2)c(=O)[nH]1.CCOC(=O)[C@H](O)CN(N)Cc1ccc(-c2cc(Cl)ccc2F)cc1.O=C(O)c1nn(-c2cccc(Cl)c2)c(=O)[nH]1. The first-order valence-corrected chi connectivity index (χ1v) is 43.6.